The predicted molar refractivity (Wildman–Crippen MR) is 119 cm³/mol. The third kappa shape index (κ3) is 4.75. The number of piperazine rings is 1. The van der Waals surface area contributed by atoms with Crippen LogP contribution in [0.25, 0.3) is 5.65 Å². The van der Waals surface area contributed by atoms with E-state index < -0.39 is 6.04 Å². The zero-order valence-corrected chi connectivity index (χ0v) is 18.1. The molecule has 3 aromatic rings. The molecule has 1 atom stereocenters. The molecule has 0 N–H and O–H groups in total. The molecule has 163 valence electrons. The number of halogens is 1. The van der Waals surface area contributed by atoms with Crippen LogP contribution in [0.5, 0.6) is 0 Å². The van der Waals surface area contributed by atoms with Crippen LogP contribution in [-0.4, -0.2) is 57.3 Å². The highest BCUT2D eigenvalue weighted by Gasteiger charge is 2.34. The maximum absolute atomic E-state index is 12.6. The van der Waals surface area contributed by atoms with Crippen molar-refractivity contribution < 1.29 is 9.53 Å². The fourth-order valence-corrected chi connectivity index (χ4v) is 4.00. The lowest BCUT2D eigenvalue weighted by Crippen LogP contribution is -2.54. The Morgan fingerprint density at radius 1 is 1.19 bits per heavy atom. The second kappa shape index (κ2) is 9.53. The Kier molecular flexibility index (Phi) is 6.58. The van der Waals surface area contributed by atoms with Crippen molar-refractivity contribution in [3.05, 3.63) is 70.7 Å². The molecule has 1 aromatic carbocycles. The Hall–Kier alpha value is -2.84. The van der Waals surface area contributed by atoms with Gasteiger partial charge in [0, 0.05) is 43.1 Å². The van der Waals surface area contributed by atoms with E-state index in [1.54, 1.807) is 13.1 Å². The molecule has 2 aromatic heterocycles. The number of hydrogen-bond acceptors (Lipinski definition) is 6. The number of aryl methyl sites for hydroxylation is 1. The van der Waals surface area contributed by atoms with Gasteiger partial charge < -0.3 is 9.64 Å². The van der Waals surface area contributed by atoms with E-state index in [0.717, 1.165) is 18.7 Å². The molecule has 9 heteroatoms. The highest BCUT2D eigenvalue weighted by Crippen LogP contribution is 2.26. The quantitative estimate of drug-likeness (QED) is 0.523. The zero-order chi connectivity index (χ0) is 21.8. The standard InChI is InChI=1S/C22H25ClN5O3/c1-2-31-21(29)19-16-25(13-14-26(19)18-8-5-7-17(23)15-18)10-6-12-28-22(30)27-11-4-3-9-20(27)24-28/h3-5,7-9,11,15-16,19H,2,6,10,12-14H2,1H3. The Balaban J connectivity index is 1.41. The van der Waals surface area contributed by atoms with Gasteiger partial charge in [0.05, 0.1) is 13.2 Å². The van der Waals surface area contributed by atoms with Gasteiger partial charge >= 0.3 is 11.7 Å². The van der Waals surface area contributed by atoms with Crippen molar-refractivity contribution in [1.29, 1.82) is 0 Å². The smallest absolute Gasteiger partial charge is 0.350 e. The average molecular weight is 443 g/mol. The van der Waals surface area contributed by atoms with Gasteiger partial charge in [-0.2, -0.15) is 0 Å². The Morgan fingerprint density at radius 2 is 2.06 bits per heavy atom. The molecule has 0 spiro atoms. The second-order valence-electron chi connectivity index (χ2n) is 7.34. The molecule has 0 bridgehead atoms. The summed E-state index contributed by atoms with van der Waals surface area (Å²) in [4.78, 5) is 29.2. The number of anilines is 1. The Labute approximate surface area is 185 Å². The minimum absolute atomic E-state index is 0.144. The molecule has 1 aliphatic heterocycles. The van der Waals surface area contributed by atoms with Gasteiger partial charge in [0.15, 0.2) is 5.65 Å². The molecule has 8 nitrogen and oxygen atoms in total. The first-order valence-electron chi connectivity index (χ1n) is 10.4. The summed E-state index contributed by atoms with van der Waals surface area (Å²) < 4.78 is 8.33. The van der Waals surface area contributed by atoms with Crippen molar-refractivity contribution in [2.75, 3.05) is 31.1 Å². The summed E-state index contributed by atoms with van der Waals surface area (Å²) in [5, 5.41) is 4.99. The van der Waals surface area contributed by atoms with Crippen LogP contribution in [0.1, 0.15) is 13.3 Å². The van der Waals surface area contributed by atoms with E-state index in [9.17, 15) is 9.59 Å². The normalized spacial score (nSPS) is 17.2. The van der Waals surface area contributed by atoms with Crippen molar-refractivity contribution in [3.8, 4) is 0 Å². The topological polar surface area (TPSA) is 72.1 Å². The number of carbonyl (C=O) groups excluding carboxylic acids is 1. The lowest BCUT2D eigenvalue weighted by atomic mass is 10.1. The zero-order valence-electron chi connectivity index (χ0n) is 17.4. The molecule has 1 aliphatic rings. The van der Waals surface area contributed by atoms with E-state index in [-0.39, 0.29) is 11.7 Å². The van der Waals surface area contributed by atoms with Gasteiger partial charge in [0.25, 0.3) is 0 Å². The van der Waals surface area contributed by atoms with Crippen LogP contribution in [0, 0.1) is 6.54 Å². The lowest BCUT2D eigenvalue weighted by molar-refractivity contribution is -0.144. The first kappa shape index (κ1) is 21.4. The van der Waals surface area contributed by atoms with E-state index in [1.165, 1.54) is 9.08 Å². The summed E-state index contributed by atoms with van der Waals surface area (Å²) in [6.07, 6.45) is 2.45. The first-order valence-corrected chi connectivity index (χ1v) is 10.8. The molecule has 0 saturated carbocycles. The van der Waals surface area contributed by atoms with E-state index >= 15 is 0 Å². The highest BCUT2D eigenvalue weighted by atomic mass is 35.5. The fourth-order valence-electron chi connectivity index (χ4n) is 3.81. The molecule has 0 amide bonds. The summed E-state index contributed by atoms with van der Waals surface area (Å²) in [7, 11) is 0. The number of esters is 1. The largest absolute Gasteiger partial charge is 0.464 e. The monoisotopic (exact) mass is 442 g/mol. The number of rotatable bonds is 7. The van der Waals surface area contributed by atoms with Gasteiger partial charge in [-0.3, -0.25) is 9.30 Å². The van der Waals surface area contributed by atoms with Gasteiger partial charge in [0.2, 0.25) is 0 Å². The van der Waals surface area contributed by atoms with E-state index in [2.05, 4.69) is 10.00 Å². The molecule has 1 fully saturated rings. The summed E-state index contributed by atoms with van der Waals surface area (Å²) >= 11 is 6.15. The van der Waals surface area contributed by atoms with Crippen molar-refractivity contribution in [1.82, 2.24) is 19.1 Å². The Bertz CT molecular complexity index is 1110. The van der Waals surface area contributed by atoms with Crippen LogP contribution in [0.2, 0.25) is 5.02 Å². The maximum Gasteiger partial charge on any atom is 0.350 e. The van der Waals surface area contributed by atoms with Crippen molar-refractivity contribution in [3.63, 3.8) is 0 Å². The second-order valence-corrected chi connectivity index (χ2v) is 7.78. The summed E-state index contributed by atoms with van der Waals surface area (Å²) in [6.45, 7) is 6.66. The van der Waals surface area contributed by atoms with Crippen LogP contribution in [0.4, 0.5) is 5.69 Å². The van der Waals surface area contributed by atoms with Crippen LogP contribution < -0.4 is 10.6 Å². The highest BCUT2D eigenvalue weighted by molar-refractivity contribution is 6.30. The number of nitrogens with zero attached hydrogens (tertiary/aromatic N) is 5. The SMILES string of the molecule is CCOC(=O)C1[CH]N(CCCn2nc3ccccn3c2=O)CCN1c1cccc(Cl)c1. The number of fused-ring (bicyclic) bond motifs is 1. The Morgan fingerprint density at radius 3 is 2.84 bits per heavy atom. The summed E-state index contributed by atoms with van der Waals surface area (Å²) in [5.41, 5.74) is 1.38. The van der Waals surface area contributed by atoms with Crippen molar-refractivity contribution in [2.24, 2.45) is 0 Å². The van der Waals surface area contributed by atoms with Gasteiger partial charge in [-0.05, 0) is 43.7 Å². The van der Waals surface area contributed by atoms with Gasteiger partial charge in [-0.25, -0.2) is 14.3 Å². The number of ether oxygens (including phenoxy) is 1. The molecular weight excluding hydrogens is 418 g/mol. The molecule has 31 heavy (non-hydrogen) atoms. The van der Waals surface area contributed by atoms with Crippen molar-refractivity contribution in [2.45, 2.75) is 25.9 Å². The minimum atomic E-state index is -0.523. The van der Waals surface area contributed by atoms with E-state index in [1.807, 2.05) is 53.9 Å². The number of hydrogen-bond donors (Lipinski definition) is 0. The van der Waals surface area contributed by atoms with E-state index in [4.69, 9.17) is 16.3 Å². The number of pyridine rings is 1. The number of benzene rings is 1. The lowest BCUT2D eigenvalue weighted by Gasteiger charge is -2.41. The molecular formula is C22H25ClN5O3. The third-order valence-corrected chi connectivity index (χ3v) is 5.52. The van der Waals surface area contributed by atoms with Gasteiger partial charge in [-0.15, -0.1) is 5.10 Å². The molecule has 1 radical (unpaired) electrons. The fraction of sp³-hybridized carbons (Fsp3) is 0.364. The third-order valence-electron chi connectivity index (χ3n) is 5.29. The number of aromatic nitrogens is 3. The summed E-state index contributed by atoms with van der Waals surface area (Å²) in [6, 6.07) is 12.4. The minimum Gasteiger partial charge on any atom is -0.464 e. The van der Waals surface area contributed by atoms with Crippen LogP contribution in [0.15, 0.2) is 53.5 Å². The van der Waals surface area contributed by atoms with Crippen LogP contribution >= 0.6 is 11.6 Å². The van der Waals surface area contributed by atoms with Gasteiger partial charge in [-0.1, -0.05) is 23.7 Å². The number of carbonyl (C=O) groups is 1. The van der Waals surface area contributed by atoms with Crippen molar-refractivity contribution >= 4 is 28.9 Å². The maximum atomic E-state index is 12.6. The van der Waals surface area contributed by atoms with Gasteiger partial charge in [0.1, 0.15) is 6.04 Å². The predicted octanol–water partition coefficient (Wildman–Crippen LogP) is 2.46. The molecule has 3 heterocycles. The first-order chi connectivity index (χ1) is 15.1. The molecule has 1 unspecified atom stereocenters. The van der Waals surface area contributed by atoms with Crippen LogP contribution in [0.3, 0.4) is 0 Å². The molecule has 1 saturated heterocycles. The average Bonchev–Trinajstić information content (AvgIpc) is 3.09. The molecule has 0 aliphatic carbocycles. The summed E-state index contributed by atoms with van der Waals surface area (Å²) in [5.74, 6) is -0.288. The molecule has 4 rings (SSSR count). The van der Waals surface area contributed by atoms with Crippen LogP contribution in [-0.2, 0) is 16.1 Å². The van der Waals surface area contributed by atoms with E-state index in [0.29, 0.717) is 36.9 Å².